The zero-order chi connectivity index (χ0) is 21.3. The molecule has 0 spiro atoms. The molecule has 1 heterocycles. The molecule has 3 amide bonds. The highest BCUT2D eigenvalue weighted by atomic mass is 16.2. The highest BCUT2D eigenvalue weighted by Gasteiger charge is 2.21. The Morgan fingerprint density at radius 2 is 1.90 bits per heavy atom. The van der Waals surface area contributed by atoms with E-state index in [0.29, 0.717) is 13.1 Å². The zero-order valence-electron chi connectivity index (χ0n) is 17.7. The van der Waals surface area contributed by atoms with E-state index >= 15 is 0 Å². The fourth-order valence-electron chi connectivity index (χ4n) is 3.63. The molecule has 3 rings (SSSR count). The molecule has 2 aromatic carbocycles. The average molecular weight is 410 g/mol. The highest BCUT2D eigenvalue weighted by molar-refractivity contribution is 5.92. The van der Waals surface area contributed by atoms with Crippen LogP contribution in [0, 0.1) is 0 Å². The van der Waals surface area contributed by atoms with Crippen LogP contribution in [-0.4, -0.2) is 56.6 Å². The summed E-state index contributed by atoms with van der Waals surface area (Å²) in [6.45, 7) is 2.55. The number of nitrogens with one attached hydrogen (secondary N) is 3. The van der Waals surface area contributed by atoms with Crippen LogP contribution in [0.2, 0.25) is 0 Å². The van der Waals surface area contributed by atoms with Crippen LogP contribution in [0.1, 0.15) is 18.4 Å². The van der Waals surface area contributed by atoms with Crippen molar-refractivity contribution in [2.45, 2.75) is 25.4 Å². The second-order valence-corrected chi connectivity index (χ2v) is 7.93. The maximum atomic E-state index is 12.4. The largest absolute Gasteiger partial charge is 0.369 e. The second-order valence-electron chi connectivity index (χ2n) is 7.93. The molecule has 1 fully saturated rings. The quantitative estimate of drug-likeness (QED) is 0.657. The topological polar surface area (TPSA) is 76.7 Å². The molecule has 1 saturated heterocycles. The van der Waals surface area contributed by atoms with Gasteiger partial charge in [0.2, 0.25) is 5.91 Å². The number of nitrogens with zero attached hydrogens (tertiary/aromatic N) is 2. The van der Waals surface area contributed by atoms with Gasteiger partial charge in [-0.3, -0.25) is 4.79 Å². The number of likely N-dealkylation sites (N-methyl/N-ethyl adjacent to an activating group) is 1. The summed E-state index contributed by atoms with van der Waals surface area (Å²) in [4.78, 5) is 28.4. The summed E-state index contributed by atoms with van der Waals surface area (Å²) in [6.07, 6.45) is 2.03. The highest BCUT2D eigenvalue weighted by Crippen LogP contribution is 2.19. The molecule has 1 unspecified atom stereocenters. The molecule has 1 aliphatic heterocycles. The van der Waals surface area contributed by atoms with Crippen LogP contribution in [0.15, 0.2) is 54.6 Å². The number of anilines is 2. The van der Waals surface area contributed by atoms with Gasteiger partial charge in [-0.15, -0.1) is 0 Å². The number of carbonyl (C=O) groups is 2. The molecule has 0 aromatic heterocycles. The van der Waals surface area contributed by atoms with Gasteiger partial charge in [0, 0.05) is 37.1 Å². The Bertz CT molecular complexity index is 840. The minimum atomic E-state index is -0.169. The van der Waals surface area contributed by atoms with Gasteiger partial charge >= 0.3 is 6.03 Å². The molecule has 2 aromatic rings. The Hall–Kier alpha value is -3.06. The predicted molar refractivity (Wildman–Crippen MR) is 121 cm³/mol. The number of carbonyl (C=O) groups excluding carboxylic acids is 2. The maximum Gasteiger partial charge on any atom is 0.315 e. The first-order valence-electron chi connectivity index (χ1n) is 10.4. The molecule has 0 bridgehead atoms. The summed E-state index contributed by atoms with van der Waals surface area (Å²) in [5, 5.41) is 8.89. The van der Waals surface area contributed by atoms with Crippen molar-refractivity contribution in [3.05, 3.63) is 60.2 Å². The fourth-order valence-corrected chi connectivity index (χ4v) is 3.63. The van der Waals surface area contributed by atoms with Crippen molar-refractivity contribution in [2.75, 3.05) is 43.9 Å². The van der Waals surface area contributed by atoms with E-state index in [-0.39, 0.29) is 18.0 Å². The molecule has 1 aliphatic rings. The lowest BCUT2D eigenvalue weighted by Crippen LogP contribution is -2.50. The third-order valence-electron chi connectivity index (χ3n) is 5.00. The van der Waals surface area contributed by atoms with Crippen LogP contribution >= 0.6 is 0 Å². The van der Waals surface area contributed by atoms with Crippen molar-refractivity contribution < 1.29 is 9.59 Å². The molecule has 0 saturated carbocycles. The van der Waals surface area contributed by atoms with Crippen molar-refractivity contribution >= 4 is 23.3 Å². The Morgan fingerprint density at radius 3 is 2.67 bits per heavy atom. The third kappa shape index (κ3) is 6.77. The second kappa shape index (κ2) is 10.6. The van der Waals surface area contributed by atoms with Crippen LogP contribution in [-0.2, 0) is 11.3 Å². The van der Waals surface area contributed by atoms with Crippen molar-refractivity contribution in [1.29, 1.82) is 0 Å². The number of para-hydroxylation sites is 1. The van der Waals surface area contributed by atoms with E-state index in [9.17, 15) is 9.59 Å². The van der Waals surface area contributed by atoms with E-state index < -0.39 is 0 Å². The molecular formula is C23H31N5O2. The maximum absolute atomic E-state index is 12.4. The predicted octanol–water partition coefficient (Wildman–Crippen LogP) is 2.65. The summed E-state index contributed by atoms with van der Waals surface area (Å²) >= 11 is 0. The molecule has 7 heteroatoms. The molecule has 160 valence electrons. The van der Waals surface area contributed by atoms with Gasteiger partial charge in [-0.05, 0) is 56.8 Å². The smallest absolute Gasteiger partial charge is 0.315 e. The van der Waals surface area contributed by atoms with Gasteiger partial charge < -0.3 is 25.8 Å². The molecule has 0 radical (unpaired) electrons. The molecule has 0 aliphatic carbocycles. The number of rotatable bonds is 7. The summed E-state index contributed by atoms with van der Waals surface area (Å²) in [5.41, 5.74) is 2.85. The van der Waals surface area contributed by atoms with Gasteiger partial charge in [-0.2, -0.15) is 0 Å². The summed E-state index contributed by atoms with van der Waals surface area (Å²) in [7, 11) is 3.70. The SMILES string of the molecule is CN(C)CC(=O)Nc1cccc(CNC(=O)NC2CCCN(c3ccccc3)C2)c1. The molecule has 3 N–H and O–H groups in total. The van der Waals surface area contributed by atoms with E-state index in [1.165, 1.54) is 5.69 Å². The van der Waals surface area contributed by atoms with Gasteiger partial charge in [-0.25, -0.2) is 4.79 Å². The average Bonchev–Trinajstić information content (AvgIpc) is 2.73. The molecule has 30 heavy (non-hydrogen) atoms. The van der Waals surface area contributed by atoms with Gasteiger partial charge in [0.1, 0.15) is 0 Å². The van der Waals surface area contributed by atoms with Crippen molar-refractivity contribution in [1.82, 2.24) is 15.5 Å². The van der Waals surface area contributed by atoms with Gasteiger partial charge in [0.25, 0.3) is 0 Å². The number of benzene rings is 2. The van der Waals surface area contributed by atoms with Crippen LogP contribution < -0.4 is 20.9 Å². The number of hydrogen-bond donors (Lipinski definition) is 3. The van der Waals surface area contributed by atoms with E-state index in [1.807, 2.05) is 61.5 Å². The van der Waals surface area contributed by atoms with Crippen molar-refractivity contribution in [3.63, 3.8) is 0 Å². The Morgan fingerprint density at radius 1 is 1.10 bits per heavy atom. The minimum Gasteiger partial charge on any atom is -0.369 e. The monoisotopic (exact) mass is 409 g/mol. The standard InChI is InChI=1S/C23H31N5O2/c1-27(2)17-22(29)25-19-9-6-8-18(14-19)15-24-23(30)26-20-10-7-13-28(16-20)21-11-4-3-5-12-21/h3-6,8-9,11-12,14,20H,7,10,13,15-17H2,1-2H3,(H,25,29)(H2,24,26,30). The third-order valence-corrected chi connectivity index (χ3v) is 5.00. The summed E-state index contributed by atoms with van der Waals surface area (Å²) in [6, 6.07) is 17.8. The Labute approximate surface area is 178 Å². The van der Waals surface area contributed by atoms with E-state index in [4.69, 9.17) is 0 Å². The van der Waals surface area contributed by atoms with E-state index in [0.717, 1.165) is 37.2 Å². The fraction of sp³-hybridized carbons (Fsp3) is 0.391. The summed E-state index contributed by atoms with van der Waals surface area (Å²) < 4.78 is 0. The number of hydrogen-bond acceptors (Lipinski definition) is 4. The van der Waals surface area contributed by atoms with Crippen molar-refractivity contribution in [2.24, 2.45) is 0 Å². The lowest BCUT2D eigenvalue weighted by Gasteiger charge is -2.34. The Kier molecular flexibility index (Phi) is 7.68. The van der Waals surface area contributed by atoms with Crippen LogP contribution in [0.3, 0.4) is 0 Å². The zero-order valence-corrected chi connectivity index (χ0v) is 17.7. The number of piperidine rings is 1. The van der Waals surface area contributed by atoms with E-state index in [1.54, 1.807) is 0 Å². The number of amides is 3. The lowest BCUT2D eigenvalue weighted by molar-refractivity contribution is -0.116. The van der Waals surface area contributed by atoms with Gasteiger partial charge in [0.15, 0.2) is 0 Å². The first kappa shape index (κ1) is 21.6. The first-order chi connectivity index (χ1) is 14.5. The Balaban J connectivity index is 1.46. The number of urea groups is 1. The van der Waals surface area contributed by atoms with Crippen LogP contribution in [0.25, 0.3) is 0 Å². The molecular weight excluding hydrogens is 378 g/mol. The lowest BCUT2D eigenvalue weighted by atomic mass is 10.1. The molecule has 1 atom stereocenters. The van der Waals surface area contributed by atoms with E-state index in [2.05, 4.69) is 33.0 Å². The van der Waals surface area contributed by atoms with Crippen LogP contribution in [0.4, 0.5) is 16.2 Å². The van der Waals surface area contributed by atoms with Gasteiger partial charge in [-0.1, -0.05) is 30.3 Å². The minimum absolute atomic E-state index is 0.0666. The van der Waals surface area contributed by atoms with Crippen LogP contribution in [0.5, 0.6) is 0 Å². The first-order valence-corrected chi connectivity index (χ1v) is 10.4. The molecule has 7 nitrogen and oxygen atoms in total. The summed E-state index contributed by atoms with van der Waals surface area (Å²) in [5.74, 6) is -0.0666. The van der Waals surface area contributed by atoms with Gasteiger partial charge in [0.05, 0.1) is 6.54 Å². The normalized spacial score (nSPS) is 16.2. The van der Waals surface area contributed by atoms with Crippen molar-refractivity contribution in [3.8, 4) is 0 Å².